The minimum absolute atomic E-state index is 0.0437. The number of esters is 2. The van der Waals surface area contributed by atoms with Crippen molar-refractivity contribution < 1.29 is 71.5 Å². The summed E-state index contributed by atoms with van der Waals surface area (Å²) < 4.78 is 48.1. The van der Waals surface area contributed by atoms with Gasteiger partial charge in [0.05, 0.1) is 37.1 Å². The van der Waals surface area contributed by atoms with Crippen molar-refractivity contribution in [2.75, 3.05) is 41.1 Å². The molecule has 424 valence electrons. The number of nitrogens with zero attached hydrogens (tertiary/aromatic N) is 1. The van der Waals surface area contributed by atoms with Crippen LogP contribution in [0.2, 0.25) is 19.6 Å². The smallest absolute Gasteiger partial charge is 0.332 e. The van der Waals surface area contributed by atoms with Gasteiger partial charge in [-0.25, -0.2) is 9.59 Å². The molecule has 0 spiro atoms. The lowest BCUT2D eigenvalue weighted by atomic mass is 9.78. The highest BCUT2D eigenvalue weighted by atomic mass is 28.4. The van der Waals surface area contributed by atoms with E-state index in [0.29, 0.717) is 63.4 Å². The topological polar surface area (TPSA) is 200 Å². The standard InChI is InChI=1S/C58H93NO15Si/c1-15-70-51(61)35-71-47-27-25-43(32-50(47)68-10)31-39(5)49-34-46(60)38(4)30-41(7)53(74-75(12,13)14)54(69-11)52(62)40(6)29-36(2)21-17-16-18-22-37(3)48(67-9)33-44-26-24-42(8)58(66,73-44)55(63)56(64)59-28-20-19-23-45(59)57(65)72-49/h16-18,21-22,30,36,38-40,42-45,47-50,53-54,66H,15,19-20,23-29,31-35H2,1-14H3/b18-16+,21-17+,37-22+,41-30+/t36-,38-,39-,40-,42-,43+,44+,45+,47-,48+,49+,50-,53-,54+,58-/m1/s1. The summed E-state index contributed by atoms with van der Waals surface area (Å²) in [6, 6.07) is -1.15. The molecule has 0 aromatic carbocycles. The number of rotatable bonds is 12. The van der Waals surface area contributed by atoms with Gasteiger partial charge in [0, 0.05) is 58.5 Å². The lowest BCUT2D eigenvalue weighted by Crippen LogP contribution is -2.61. The van der Waals surface area contributed by atoms with Crippen molar-refractivity contribution in [2.24, 2.45) is 35.5 Å². The SMILES string of the molecule is CCOC(=O)CO[C@@H]1CC[C@@H](C[C@@H](C)[C@@H]2CC(=O)[C@H](C)/C=C(\C)[C@@H](O[Si](C)(C)C)[C@@H](OC)C(=O)[C@H](C)C[C@H](C)/C=C/C=C/C=C(\C)[C@@H](OC)C[C@@H]3CC[C@@H](C)[C@@](O)(O3)C(=O)C(=O)N3CCCC[C@H]3C(=O)O2)C[C@H]1OC. The highest BCUT2D eigenvalue weighted by Crippen LogP contribution is 2.38. The van der Waals surface area contributed by atoms with E-state index in [-0.39, 0.29) is 80.0 Å². The van der Waals surface area contributed by atoms with Crippen molar-refractivity contribution >= 4 is 43.5 Å². The van der Waals surface area contributed by atoms with Gasteiger partial charge in [0.1, 0.15) is 30.6 Å². The Hall–Kier alpha value is -3.68. The predicted molar refractivity (Wildman–Crippen MR) is 288 cm³/mol. The van der Waals surface area contributed by atoms with Gasteiger partial charge in [0.15, 0.2) is 14.1 Å². The number of aliphatic hydroxyl groups is 1. The number of carbonyl (C=O) groups is 6. The van der Waals surface area contributed by atoms with Crippen LogP contribution in [0.5, 0.6) is 0 Å². The molecule has 3 fully saturated rings. The molecule has 75 heavy (non-hydrogen) atoms. The van der Waals surface area contributed by atoms with Crippen molar-refractivity contribution in [3.05, 3.63) is 47.6 Å². The maximum absolute atomic E-state index is 14.7. The Morgan fingerprint density at radius 1 is 0.853 bits per heavy atom. The molecule has 3 heterocycles. The third kappa shape index (κ3) is 18.5. The number of hydrogen-bond acceptors (Lipinski definition) is 15. The summed E-state index contributed by atoms with van der Waals surface area (Å²) in [6.07, 6.45) is 12.7. The number of methoxy groups -OCH3 is 3. The zero-order valence-electron chi connectivity index (χ0n) is 47.8. The zero-order valence-corrected chi connectivity index (χ0v) is 48.8. The quantitative estimate of drug-likeness (QED) is 0.0842. The molecule has 16 nitrogen and oxygen atoms in total. The second-order valence-electron chi connectivity index (χ2n) is 22.9. The second-order valence-corrected chi connectivity index (χ2v) is 27.3. The maximum atomic E-state index is 14.7. The van der Waals surface area contributed by atoms with Gasteiger partial charge in [0.25, 0.3) is 11.7 Å². The molecule has 0 aromatic heterocycles. The van der Waals surface area contributed by atoms with E-state index in [1.165, 1.54) is 12.0 Å². The molecule has 4 aliphatic rings. The van der Waals surface area contributed by atoms with Crippen LogP contribution in [0, 0.1) is 35.5 Å². The number of ketones is 3. The van der Waals surface area contributed by atoms with Crippen LogP contribution >= 0.6 is 0 Å². The minimum atomic E-state index is -2.44. The summed E-state index contributed by atoms with van der Waals surface area (Å²) >= 11 is 0. The molecule has 0 unspecified atom stereocenters. The number of hydrogen-bond donors (Lipinski definition) is 1. The van der Waals surface area contributed by atoms with E-state index in [2.05, 4.69) is 6.92 Å². The third-order valence-electron chi connectivity index (χ3n) is 15.6. The third-order valence-corrected chi connectivity index (χ3v) is 16.6. The van der Waals surface area contributed by atoms with E-state index < -0.39 is 86.1 Å². The molecular formula is C58H93NO15Si. The van der Waals surface area contributed by atoms with Gasteiger partial charge in [-0.3, -0.25) is 19.2 Å². The van der Waals surface area contributed by atoms with E-state index >= 15 is 0 Å². The van der Waals surface area contributed by atoms with Crippen molar-refractivity contribution in [1.29, 1.82) is 0 Å². The van der Waals surface area contributed by atoms with Crippen LogP contribution in [0.1, 0.15) is 132 Å². The molecule has 0 radical (unpaired) electrons. The fourth-order valence-electron chi connectivity index (χ4n) is 11.2. The Balaban J connectivity index is 1.74. The van der Waals surface area contributed by atoms with E-state index in [4.69, 9.17) is 37.6 Å². The van der Waals surface area contributed by atoms with Crippen LogP contribution in [-0.2, 0) is 66.4 Å². The molecule has 3 aliphatic heterocycles. The van der Waals surface area contributed by atoms with Crippen molar-refractivity contribution in [3.63, 3.8) is 0 Å². The van der Waals surface area contributed by atoms with Gasteiger partial charge in [-0.1, -0.05) is 71.1 Å². The largest absolute Gasteiger partial charge is 0.464 e. The number of allylic oxidation sites excluding steroid dienone is 6. The molecule has 1 aliphatic carbocycles. The van der Waals surface area contributed by atoms with Gasteiger partial charge >= 0.3 is 11.9 Å². The van der Waals surface area contributed by atoms with E-state index in [1.54, 1.807) is 35.0 Å². The second kappa shape index (κ2) is 29.9. The number of piperidine rings is 1. The summed E-state index contributed by atoms with van der Waals surface area (Å²) in [7, 11) is 2.39. The molecule has 15 atom stereocenters. The average molecular weight is 1070 g/mol. The fourth-order valence-corrected chi connectivity index (χ4v) is 12.3. The first kappa shape index (κ1) is 63.8. The van der Waals surface area contributed by atoms with Gasteiger partial charge in [-0.05, 0) is 134 Å². The summed E-state index contributed by atoms with van der Waals surface area (Å²) in [4.78, 5) is 85.7. The van der Waals surface area contributed by atoms with Crippen molar-refractivity contribution in [2.45, 2.75) is 207 Å². The van der Waals surface area contributed by atoms with Gasteiger partial charge in [-0.2, -0.15) is 0 Å². The molecule has 1 saturated carbocycles. The highest BCUT2D eigenvalue weighted by Gasteiger charge is 2.53. The highest BCUT2D eigenvalue weighted by molar-refractivity contribution is 6.69. The van der Waals surface area contributed by atoms with Crippen LogP contribution in [0.15, 0.2) is 47.6 Å². The van der Waals surface area contributed by atoms with Crippen LogP contribution in [0.4, 0.5) is 0 Å². The molecule has 2 bridgehead atoms. The van der Waals surface area contributed by atoms with Crippen LogP contribution in [0.3, 0.4) is 0 Å². The number of fused-ring (bicyclic) bond motifs is 3. The van der Waals surface area contributed by atoms with Crippen LogP contribution in [-0.4, -0.2) is 149 Å². The molecule has 2 saturated heterocycles. The minimum Gasteiger partial charge on any atom is -0.464 e. The summed E-state index contributed by atoms with van der Waals surface area (Å²) in [5.41, 5.74) is 1.56. The maximum Gasteiger partial charge on any atom is 0.332 e. The Labute approximate surface area is 449 Å². The Bertz CT molecular complexity index is 2050. The van der Waals surface area contributed by atoms with E-state index in [9.17, 15) is 33.9 Å². The van der Waals surface area contributed by atoms with Crippen molar-refractivity contribution in [3.8, 4) is 0 Å². The molecule has 1 N–H and O–H groups in total. The number of amides is 1. The number of Topliss-reactive ketones (excluding diaryl/α,β-unsaturated/α-hetero) is 3. The zero-order chi connectivity index (χ0) is 55.8. The number of cyclic esters (lactones) is 1. The molecule has 17 heteroatoms. The number of carbonyl (C=O) groups excluding carboxylic acids is 6. The first-order chi connectivity index (χ1) is 35.4. The Kier molecular flexibility index (Phi) is 25.4. The molecular weight excluding hydrogens is 979 g/mol. The first-order valence-corrected chi connectivity index (χ1v) is 31.0. The molecule has 0 aromatic rings. The lowest BCUT2D eigenvalue weighted by molar-refractivity contribution is -0.265. The molecule has 4 rings (SSSR count). The van der Waals surface area contributed by atoms with Crippen LogP contribution in [0.25, 0.3) is 0 Å². The lowest BCUT2D eigenvalue weighted by Gasteiger charge is -2.42. The van der Waals surface area contributed by atoms with E-state index in [1.807, 2.05) is 83.8 Å². The van der Waals surface area contributed by atoms with Gasteiger partial charge < -0.3 is 47.6 Å². The predicted octanol–water partition coefficient (Wildman–Crippen LogP) is 8.63. The fraction of sp³-hybridized carbons (Fsp3) is 0.759. The summed E-state index contributed by atoms with van der Waals surface area (Å²) in [5, 5.41) is 12.1. The molecule has 1 amide bonds. The average Bonchev–Trinajstić information content (AvgIpc) is 3.36. The first-order valence-electron chi connectivity index (χ1n) is 27.6. The van der Waals surface area contributed by atoms with E-state index in [0.717, 1.165) is 12.0 Å². The van der Waals surface area contributed by atoms with Crippen LogP contribution < -0.4 is 0 Å². The van der Waals surface area contributed by atoms with Gasteiger partial charge in [0.2, 0.25) is 5.79 Å². The Morgan fingerprint density at radius 3 is 2.23 bits per heavy atom. The normalized spacial score (nSPS) is 36.8. The van der Waals surface area contributed by atoms with Crippen molar-refractivity contribution in [1.82, 2.24) is 4.90 Å². The monoisotopic (exact) mass is 1070 g/mol. The number of ether oxygens (including phenoxy) is 7. The van der Waals surface area contributed by atoms with Gasteiger partial charge in [-0.15, -0.1) is 0 Å². The summed E-state index contributed by atoms with van der Waals surface area (Å²) in [6.45, 7) is 21.2. The summed E-state index contributed by atoms with van der Waals surface area (Å²) in [5.74, 6) is -8.11. The Morgan fingerprint density at radius 2 is 1.57 bits per heavy atom.